The van der Waals surface area contributed by atoms with Crippen LogP contribution in [0.25, 0.3) is 10.9 Å². The molecular formula is C14H17NO2. The van der Waals surface area contributed by atoms with Gasteiger partial charge >= 0.3 is 0 Å². The first kappa shape index (κ1) is 10.8. The number of fused-ring (bicyclic) bond motifs is 1. The average molecular weight is 231 g/mol. The molecule has 17 heavy (non-hydrogen) atoms. The SMILES string of the molecule is OC(c1ccc2[nH]ccc2c1)C1CCOCC1. The highest BCUT2D eigenvalue weighted by molar-refractivity contribution is 5.80. The Labute approximate surface area is 100 Å². The smallest absolute Gasteiger partial charge is 0.0820 e. The molecule has 0 amide bonds. The third-order valence-electron chi connectivity index (χ3n) is 3.63. The van der Waals surface area contributed by atoms with Crippen molar-refractivity contribution in [1.29, 1.82) is 0 Å². The zero-order valence-electron chi connectivity index (χ0n) is 9.73. The van der Waals surface area contributed by atoms with E-state index in [2.05, 4.69) is 11.1 Å². The third kappa shape index (κ3) is 2.08. The van der Waals surface area contributed by atoms with Gasteiger partial charge in [0.15, 0.2) is 0 Å². The van der Waals surface area contributed by atoms with E-state index >= 15 is 0 Å². The number of aromatic nitrogens is 1. The highest BCUT2D eigenvalue weighted by Gasteiger charge is 2.23. The number of hydrogen-bond acceptors (Lipinski definition) is 2. The summed E-state index contributed by atoms with van der Waals surface area (Å²) >= 11 is 0. The second kappa shape index (κ2) is 4.51. The molecule has 2 heterocycles. The Bertz CT molecular complexity index is 500. The molecule has 90 valence electrons. The molecule has 1 aliphatic rings. The van der Waals surface area contributed by atoms with Crippen molar-refractivity contribution < 1.29 is 9.84 Å². The van der Waals surface area contributed by atoms with E-state index in [0.29, 0.717) is 5.92 Å². The van der Waals surface area contributed by atoms with E-state index in [1.54, 1.807) is 0 Å². The largest absolute Gasteiger partial charge is 0.388 e. The molecule has 0 saturated carbocycles. The Hall–Kier alpha value is -1.32. The normalized spacial score (nSPS) is 19.6. The van der Waals surface area contributed by atoms with Gasteiger partial charge in [-0.1, -0.05) is 6.07 Å². The molecule has 1 fully saturated rings. The summed E-state index contributed by atoms with van der Waals surface area (Å²) in [6.45, 7) is 1.54. The lowest BCUT2D eigenvalue weighted by atomic mass is 9.89. The number of rotatable bonds is 2. The molecular weight excluding hydrogens is 214 g/mol. The van der Waals surface area contributed by atoms with Crippen LogP contribution in [0.5, 0.6) is 0 Å². The molecule has 3 nitrogen and oxygen atoms in total. The number of benzene rings is 1. The number of aromatic amines is 1. The zero-order valence-corrected chi connectivity index (χ0v) is 9.73. The molecule has 3 heteroatoms. The molecule has 1 saturated heterocycles. The summed E-state index contributed by atoms with van der Waals surface area (Å²) in [5.41, 5.74) is 2.14. The Morgan fingerprint density at radius 3 is 2.88 bits per heavy atom. The first-order valence-corrected chi connectivity index (χ1v) is 6.17. The van der Waals surface area contributed by atoms with E-state index in [1.807, 2.05) is 24.4 Å². The second-order valence-electron chi connectivity index (χ2n) is 4.72. The highest BCUT2D eigenvalue weighted by atomic mass is 16.5. The van der Waals surface area contributed by atoms with Crippen molar-refractivity contribution in [2.45, 2.75) is 18.9 Å². The Morgan fingerprint density at radius 2 is 2.06 bits per heavy atom. The monoisotopic (exact) mass is 231 g/mol. The van der Waals surface area contributed by atoms with Gasteiger partial charge < -0.3 is 14.8 Å². The molecule has 1 aromatic heterocycles. The number of aliphatic hydroxyl groups excluding tert-OH is 1. The molecule has 1 atom stereocenters. The lowest BCUT2D eigenvalue weighted by molar-refractivity contribution is 0.00723. The van der Waals surface area contributed by atoms with Crippen LogP contribution in [0.4, 0.5) is 0 Å². The van der Waals surface area contributed by atoms with Crippen molar-refractivity contribution in [2.24, 2.45) is 5.92 Å². The van der Waals surface area contributed by atoms with Gasteiger partial charge in [-0.05, 0) is 47.9 Å². The highest BCUT2D eigenvalue weighted by Crippen LogP contribution is 2.31. The molecule has 3 rings (SSSR count). The summed E-state index contributed by atoms with van der Waals surface area (Å²) < 4.78 is 5.33. The number of hydrogen-bond donors (Lipinski definition) is 2. The van der Waals surface area contributed by atoms with Gasteiger partial charge in [0.05, 0.1) is 6.10 Å². The van der Waals surface area contributed by atoms with E-state index in [9.17, 15) is 5.11 Å². The molecule has 0 radical (unpaired) electrons. The van der Waals surface area contributed by atoms with Crippen molar-refractivity contribution in [1.82, 2.24) is 4.98 Å². The minimum Gasteiger partial charge on any atom is -0.388 e. The van der Waals surface area contributed by atoms with Crippen molar-refractivity contribution in [3.63, 3.8) is 0 Å². The summed E-state index contributed by atoms with van der Waals surface area (Å²) in [5.74, 6) is 0.333. The number of aliphatic hydroxyl groups is 1. The summed E-state index contributed by atoms with van der Waals surface area (Å²) in [4.78, 5) is 3.16. The van der Waals surface area contributed by atoms with Gasteiger partial charge in [-0.25, -0.2) is 0 Å². The molecule has 1 unspecified atom stereocenters. The van der Waals surface area contributed by atoms with Crippen LogP contribution in [-0.4, -0.2) is 23.3 Å². The molecule has 0 aliphatic carbocycles. The zero-order chi connectivity index (χ0) is 11.7. The van der Waals surface area contributed by atoms with E-state index in [-0.39, 0.29) is 6.10 Å². The van der Waals surface area contributed by atoms with Gasteiger partial charge in [-0.15, -0.1) is 0 Å². The Kier molecular flexibility index (Phi) is 2.87. The van der Waals surface area contributed by atoms with Crippen LogP contribution in [0.2, 0.25) is 0 Å². The maximum absolute atomic E-state index is 10.4. The third-order valence-corrected chi connectivity index (χ3v) is 3.63. The topological polar surface area (TPSA) is 45.2 Å². The van der Waals surface area contributed by atoms with Gasteiger partial charge in [-0.2, -0.15) is 0 Å². The Balaban J connectivity index is 1.86. The van der Waals surface area contributed by atoms with E-state index in [1.165, 1.54) is 0 Å². The molecule has 0 bridgehead atoms. The fourth-order valence-electron chi connectivity index (χ4n) is 2.56. The van der Waals surface area contributed by atoms with Gasteiger partial charge in [0.1, 0.15) is 0 Å². The fraction of sp³-hybridized carbons (Fsp3) is 0.429. The average Bonchev–Trinajstić information content (AvgIpc) is 2.86. The van der Waals surface area contributed by atoms with Crippen molar-refractivity contribution in [3.8, 4) is 0 Å². The Morgan fingerprint density at radius 1 is 1.24 bits per heavy atom. The fourth-order valence-corrected chi connectivity index (χ4v) is 2.56. The van der Waals surface area contributed by atoms with Crippen molar-refractivity contribution >= 4 is 10.9 Å². The minimum absolute atomic E-state index is 0.333. The number of H-pyrrole nitrogens is 1. The maximum Gasteiger partial charge on any atom is 0.0820 e. The van der Waals surface area contributed by atoms with Crippen molar-refractivity contribution in [2.75, 3.05) is 13.2 Å². The van der Waals surface area contributed by atoms with Crippen LogP contribution in [0.3, 0.4) is 0 Å². The van der Waals surface area contributed by atoms with Crippen LogP contribution in [0, 0.1) is 5.92 Å². The minimum atomic E-state index is -0.363. The molecule has 1 aromatic carbocycles. The van der Waals surface area contributed by atoms with Gasteiger partial charge in [-0.3, -0.25) is 0 Å². The van der Waals surface area contributed by atoms with Gasteiger partial charge in [0, 0.05) is 24.9 Å². The molecule has 1 aliphatic heterocycles. The quantitative estimate of drug-likeness (QED) is 0.834. The van der Waals surface area contributed by atoms with E-state index < -0.39 is 0 Å². The lowest BCUT2D eigenvalue weighted by Gasteiger charge is -2.27. The second-order valence-corrected chi connectivity index (χ2v) is 4.72. The van der Waals surface area contributed by atoms with Crippen LogP contribution < -0.4 is 0 Å². The number of ether oxygens (including phenoxy) is 1. The van der Waals surface area contributed by atoms with Gasteiger partial charge in [0.2, 0.25) is 0 Å². The van der Waals surface area contributed by atoms with Crippen LogP contribution in [0.1, 0.15) is 24.5 Å². The first-order chi connectivity index (χ1) is 8.34. The summed E-state index contributed by atoms with van der Waals surface area (Å²) in [6.07, 6.45) is 3.46. The first-order valence-electron chi connectivity index (χ1n) is 6.17. The number of nitrogens with one attached hydrogen (secondary N) is 1. The van der Waals surface area contributed by atoms with Crippen LogP contribution in [0.15, 0.2) is 30.5 Å². The van der Waals surface area contributed by atoms with Crippen molar-refractivity contribution in [3.05, 3.63) is 36.0 Å². The summed E-state index contributed by atoms with van der Waals surface area (Å²) in [6, 6.07) is 8.16. The molecule has 2 N–H and O–H groups in total. The van der Waals surface area contributed by atoms with Gasteiger partial charge in [0.25, 0.3) is 0 Å². The molecule has 2 aromatic rings. The lowest BCUT2D eigenvalue weighted by Crippen LogP contribution is -2.21. The van der Waals surface area contributed by atoms with Crippen LogP contribution >= 0.6 is 0 Å². The standard InChI is InChI=1S/C14H17NO2/c16-14(10-4-7-17-8-5-10)12-1-2-13-11(9-12)3-6-15-13/h1-3,6,9-10,14-16H,4-5,7-8H2. The van der Waals surface area contributed by atoms with Crippen LogP contribution in [-0.2, 0) is 4.74 Å². The molecule has 0 spiro atoms. The van der Waals surface area contributed by atoms with E-state index in [0.717, 1.165) is 42.5 Å². The summed E-state index contributed by atoms with van der Waals surface area (Å²) in [7, 11) is 0. The predicted octanol–water partition coefficient (Wildman–Crippen LogP) is 2.63. The van der Waals surface area contributed by atoms with E-state index in [4.69, 9.17) is 4.74 Å². The maximum atomic E-state index is 10.4. The summed E-state index contributed by atoms with van der Waals surface area (Å²) in [5, 5.41) is 11.5. The predicted molar refractivity (Wildman–Crippen MR) is 66.8 cm³/mol.